The molecule has 0 saturated carbocycles. The van der Waals surface area contributed by atoms with Crippen LogP contribution in [-0.4, -0.2) is 8.42 Å². The van der Waals surface area contributed by atoms with E-state index in [0.29, 0.717) is 22.6 Å². The van der Waals surface area contributed by atoms with Crippen molar-refractivity contribution < 1.29 is 12.9 Å². The number of fused-ring (bicyclic) bond motifs is 1. The smallest absolute Gasteiger partial charge is 0.239 e. The van der Waals surface area contributed by atoms with Gasteiger partial charge in [-0.15, -0.1) is 0 Å². The van der Waals surface area contributed by atoms with Crippen LogP contribution in [0.1, 0.15) is 11.1 Å². The van der Waals surface area contributed by atoms with Gasteiger partial charge in [-0.2, -0.15) is 0 Å². The van der Waals surface area contributed by atoms with Gasteiger partial charge in [-0.25, -0.2) is 8.42 Å². The molecule has 6 rings (SSSR count). The summed E-state index contributed by atoms with van der Waals surface area (Å²) in [5, 5.41) is 0.852. The Morgan fingerprint density at radius 2 is 1.09 bits per heavy atom. The van der Waals surface area contributed by atoms with Crippen LogP contribution in [-0.2, 0) is 26.2 Å². The van der Waals surface area contributed by atoms with Gasteiger partial charge in [0.25, 0.3) is 0 Å². The number of para-hydroxylation sites is 1. The fourth-order valence-electron chi connectivity index (χ4n) is 4.53. The predicted molar refractivity (Wildman–Crippen MR) is 146 cm³/mol. The van der Waals surface area contributed by atoms with E-state index in [2.05, 4.69) is 0 Å². The first-order valence-electron chi connectivity index (χ1n) is 11.1. The van der Waals surface area contributed by atoms with Crippen molar-refractivity contribution in [2.75, 3.05) is 4.67 Å². The number of sulfone groups is 1. The van der Waals surface area contributed by atoms with E-state index in [-0.39, 0.29) is 9.81 Å². The van der Waals surface area contributed by atoms with E-state index >= 15 is 0 Å². The molecule has 0 aliphatic carbocycles. The van der Waals surface area contributed by atoms with E-state index in [4.69, 9.17) is 16.3 Å². The van der Waals surface area contributed by atoms with E-state index in [1.54, 1.807) is 12.1 Å². The number of benzene rings is 4. The molecule has 4 aromatic carbocycles. The van der Waals surface area contributed by atoms with Gasteiger partial charge in [-0.1, -0.05) is 97.1 Å². The van der Waals surface area contributed by atoms with Gasteiger partial charge >= 0.3 is 0 Å². The molecule has 35 heavy (non-hydrogen) atoms. The lowest BCUT2D eigenvalue weighted by molar-refractivity contribution is 0.517. The summed E-state index contributed by atoms with van der Waals surface area (Å²) in [6.45, 7) is 0. The lowest BCUT2D eigenvalue weighted by atomic mass is 10.1. The van der Waals surface area contributed by atoms with Crippen LogP contribution in [0.3, 0.4) is 0 Å². The third-order valence-corrected chi connectivity index (χ3v) is 11.6. The van der Waals surface area contributed by atoms with E-state index in [1.807, 2.05) is 114 Å². The van der Waals surface area contributed by atoms with Crippen LogP contribution < -0.4 is 9.97 Å². The third kappa shape index (κ3) is 3.41. The molecule has 4 nitrogen and oxygen atoms in total. The molecule has 2 aliphatic rings. The number of nitrogens with zero attached hydrogens (tertiary/aromatic N) is 1. The van der Waals surface area contributed by atoms with Crippen LogP contribution in [0.5, 0.6) is 0 Å². The lowest BCUT2D eigenvalue weighted by Gasteiger charge is -2.29. The molecule has 2 heterocycles. The normalized spacial score (nSPS) is 20.6. The van der Waals surface area contributed by atoms with Gasteiger partial charge in [-0.3, -0.25) is 4.67 Å². The van der Waals surface area contributed by atoms with E-state index in [0.717, 1.165) is 11.0 Å². The monoisotopic (exact) mass is 513 g/mol. The Bertz CT molecular complexity index is 1630. The molecule has 0 spiro atoms. The van der Waals surface area contributed by atoms with Gasteiger partial charge in [0.05, 0.1) is 0 Å². The van der Waals surface area contributed by atoms with Crippen LogP contribution in [0.2, 0.25) is 0 Å². The molecule has 2 aliphatic heterocycles. The first-order valence-corrected chi connectivity index (χ1v) is 15.2. The summed E-state index contributed by atoms with van der Waals surface area (Å²) < 4.78 is 37.0. The van der Waals surface area contributed by atoms with Crippen molar-refractivity contribution in [2.24, 2.45) is 0 Å². The van der Waals surface area contributed by atoms with Crippen molar-refractivity contribution in [1.82, 2.24) is 0 Å². The zero-order valence-electron chi connectivity index (χ0n) is 18.5. The second-order valence-corrected chi connectivity index (χ2v) is 13.6. The fourth-order valence-corrected chi connectivity index (χ4v) is 9.97. The third-order valence-electron chi connectivity index (χ3n) is 6.02. The quantitative estimate of drug-likeness (QED) is 0.299. The molecule has 1 fully saturated rings. The molecule has 0 bridgehead atoms. The molecule has 7 heteroatoms. The molecule has 0 amide bonds. The van der Waals surface area contributed by atoms with Gasteiger partial charge in [-0.05, 0) is 47.2 Å². The van der Waals surface area contributed by atoms with E-state index < -0.39 is 16.3 Å². The van der Waals surface area contributed by atoms with Crippen LogP contribution in [0.15, 0.2) is 133 Å². The SMILES string of the molecule is O=S1(=O)C(c2ccccc2)=C2OP(=S)(c3ccccc3)N(c3ccccc3)C2=C1c1ccccc1. The Morgan fingerprint density at radius 3 is 1.63 bits per heavy atom. The molecular formula is C28H20NO3PS2. The van der Waals surface area contributed by atoms with Gasteiger partial charge in [0.2, 0.25) is 16.3 Å². The summed E-state index contributed by atoms with van der Waals surface area (Å²) in [5.74, 6) is 0.325. The second kappa shape index (κ2) is 8.35. The first kappa shape index (κ1) is 22.1. The second-order valence-electron chi connectivity index (χ2n) is 8.17. The first-order chi connectivity index (χ1) is 17.0. The van der Waals surface area contributed by atoms with Crippen molar-refractivity contribution in [2.45, 2.75) is 0 Å². The highest BCUT2D eigenvalue weighted by molar-refractivity contribution is 8.17. The summed E-state index contributed by atoms with van der Waals surface area (Å²) in [6.07, 6.45) is -2.92. The summed E-state index contributed by atoms with van der Waals surface area (Å²) >= 11 is 6.32. The highest BCUT2D eigenvalue weighted by Gasteiger charge is 2.53. The number of rotatable bonds is 4. The van der Waals surface area contributed by atoms with Crippen LogP contribution in [0.25, 0.3) is 9.81 Å². The number of anilines is 1. The van der Waals surface area contributed by atoms with Gasteiger partial charge in [0, 0.05) is 11.0 Å². The summed E-state index contributed by atoms with van der Waals surface area (Å²) in [6, 6.07) is 37.7. The summed E-state index contributed by atoms with van der Waals surface area (Å²) in [5.41, 5.74) is 2.48. The minimum absolute atomic E-state index is 0.163. The summed E-state index contributed by atoms with van der Waals surface area (Å²) in [4.78, 5) is 0.383. The standard InChI is InChI=1S/C28H20NO3PS2/c30-35(31)27(21-13-5-1-6-14-21)25-26(28(35)22-15-7-2-8-16-22)32-33(34,24-19-11-4-12-20-24)29(25)23-17-9-3-10-18-23/h1-20H. The maximum absolute atomic E-state index is 14.2. The Hall–Kier alpha value is -3.44. The topological polar surface area (TPSA) is 46.6 Å². The van der Waals surface area contributed by atoms with Crippen molar-refractivity contribution >= 4 is 48.9 Å². The zero-order valence-corrected chi connectivity index (χ0v) is 21.0. The molecule has 0 aromatic heterocycles. The maximum atomic E-state index is 14.2. The van der Waals surface area contributed by atoms with Gasteiger partial charge in [0.1, 0.15) is 15.5 Å². The number of hydrogen-bond donors (Lipinski definition) is 0. The Balaban J connectivity index is 1.74. The highest BCUT2D eigenvalue weighted by atomic mass is 32.4. The maximum Gasteiger partial charge on any atom is 0.239 e. The van der Waals surface area contributed by atoms with Crippen molar-refractivity contribution in [3.05, 3.63) is 144 Å². The molecule has 0 radical (unpaired) electrons. The average molecular weight is 514 g/mol. The molecule has 1 atom stereocenters. The fraction of sp³-hybridized carbons (Fsp3) is 0. The van der Waals surface area contributed by atoms with Gasteiger partial charge in [0.15, 0.2) is 5.76 Å². The van der Waals surface area contributed by atoms with Crippen molar-refractivity contribution in [3.8, 4) is 0 Å². The number of hydrogen-bond acceptors (Lipinski definition) is 4. The molecule has 1 saturated heterocycles. The molecule has 4 aromatic rings. The Labute approximate surface area is 209 Å². The minimum Gasteiger partial charge on any atom is -0.441 e. The van der Waals surface area contributed by atoms with E-state index in [9.17, 15) is 8.42 Å². The van der Waals surface area contributed by atoms with Crippen LogP contribution in [0, 0.1) is 0 Å². The summed E-state index contributed by atoms with van der Waals surface area (Å²) in [7, 11) is -3.90. The van der Waals surface area contributed by atoms with E-state index in [1.165, 1.54) is 0 Å². The molecule has 172 valence electrons. The molecule has 0 N–H and O–H groups in total. The molecule has 1 unspecified atom stereocenters. The average Bonchev–Trinajstić information content (AvgIpc) is 3.30. The Morgan fingerprint density at radius 1 is 0.629 bits per heavy atom. The highest BCUT2D eigenvalue weighted by Crippen LogP contribution is 2.68. The molecular weight excluding hydrogens is 493 g/mol. The van der Waals surface area contributed by atoms with Crippen molar-refractivity contribution in [1.29, 1.82) is 0 Å². The minimum atomic E-state index is -3.90. The van der Waals surface area contributed by atoms with Crippen LogP contribution >= 0.6 is 6.42 Å². The van der Waals surface area contributed by atoms with Crippen LogP contribution in [0.4, 0.5) is 5.69 Å². The van der Waals surface area contributed by atoms with Gasteiger partial charge < -0.3 is 4.52 Å². The largest absolute Gasteiger partial charge is 0.441 e. The Kier molecular flexibility index (Phi) is 5.26. The zero-order chi connectivity index (χ0) is 24.0. The predicted octanol–water partition coefficient (Wildman–Crippen LogP) is 6.32. The lowest BCUT2D eigenvalue weighted by Crippen LogP contribution is -2.21. The van der Waals surface area contributed by atoms with Crippen molar-refractivity contribution in [3.63, 3.8) is 0 Å².